The highest BCUT2D eigenvalue weighted by atomic mass is 19.4. The van der Waals surface area contributed by atoms with Crippen LogP contribution in [0.25, 0.3) is 0 Å². The van der Waals surface area contributed by atoms with Crippen molar-refractivity contribution in [3.63, 3.8) is 0 Å². The molecule has 1 unspecified atom stereocenters. The van der Waals surface area contributed by atoms with E-state index in [0.29, 0.717) is 12.8 Å². The quantitative estimate of drug-likeness (QED) is 0.859. The summed E-state index contributed by atoms with van der Waals surface area (Å²) in [5.74, 6) is -0.818. The van der Waals surface area contributed by atoms with Gasteiger partial charge in [0.1, 0.15) is 0 Å². The van der Waals surface area contributed by atoms with Gasteiger partial charge in [0, 0.05) is 5.92 Å². The number of benzene rings is 1. The number of hydrogen-bond acceptors (Lipinski definition) is 2. The molecule has 6 heteroatoms. The van der Waals surface area contributed by atoms with E-state index in [0.717, 1.165) is 12.0 Å². The Morgan fingerprint density at radius 1 is 1.32 bits per heavy atom. The maximum absolute atomic E-state index is 11.9. The molecule has 0 bridgehead atoms. The summed E-state index contributed by atoms with van der Waals surface area (Å²) >= 11 is 0. The molecule has 1 N–H and O–H groups in total. The van der Waals surface area contributed by atoms with Crippen LogP contribution in [0, 0.1) is 5.92 Å². The summed E-state index contributed by atoms with van der Waals surface area (Å²) in [5, 5.41) is 0. The molecule has 0 aliphatic heterocycles. The minimum Gasteiger partial charge on any atom is -0.272 e. The molecule has 0 saturated heterocycles. The lowest BCUT2D eigenvalue weighted by Crippen LogP contribution is -2.36. The maximum atomic E-state index is 11.9. The molecule has 2 rings (SSSR count). The van der Waals surface area contributed by atoms with Gasteiger partial charge in [-0.25, -0.2) is 5.48 Å². The van der Waals surface area contributed by atoms with E-state index < -0.39 is 18.7 Å². The summed E-state index contributed by atoms with van der Waals surface area (Å²) in [4.78, 5) is 15.9. The van der Waals surface area contributed by atoms with Crippen molar-refractivity contribution in [1.29, 1.82) is 0 Å². The molecule has 104 valence electrons. The number of nitrogens with one attached hydrogen (secondary N) is 1. The van der Waals surface area contributed by atoms with Crippen LogP contribution in [-0.2, 0) is 22.5 Å². The SMILES string of the molecule is O=C(NOCC(F)(F)F)C1CCc2ccccc2C1. The van der Waals surface area contributed by atoms with E-state index in [1.165, 1.54) is 5.56 Å². The van der Waals surface area contributed by atoms with Crippen molar-refractivity contribution in [3.8, 4) is 0 Å². The maximum Gasteiger partial charge on any atom is 0.414 e. The molecule has 1 aliphatic carbocycles. The second-order valence-electron chi connectivity index (χ2n) is 4.58. The summed E-state index contributed by atoms with van der Waals surface area (Å²) in [6.45, 7) is -1.47. The number of fused-ring (bicyclic) bond motifs is 1. The van der Waals surface area contributed by atoms with Crippen LogP contribution in [0.15, 0.2) is 24.3 Å². The molecule has 19 heavy (non-hydrogen) atoms. The van der Waals surface area contributed by atoms with Crippen molar-refractivity contribution < 1.29 is 22.8 Å². The molecular weight excluding hydrogens is 259 g/mol. The third-order valence-corrected chi connectivity index (χ3v) is 3.13. The highest BCUT2D eigenvalue weighted by Crippen LogP contribution is 2.25. The first kappa shape index (κ1) is 13.9. The van der Waals surface area contributed by atoms with Crippen LogP contribution in [-0.4, -0.2) is 18.7 Å². The minimum atomic E-state index is -4.44. The van der Waals surface area contributed by atoms with Gasteiger partial charge in [-0.2, -0.15) is 13.2 Å². The third kappa shape index (κ3) is 3.96. The van der Waals surface area contributed by atoms with Crippen molar-refractivity contribution in [1.82, 2.24) is 5.48 Å². The van der Waals surface area contributed by atoms with Gasteiger partial charge in [0.25, 0.3) is 0 Å². The Morgan fingerprint density at radius 3 is 2.68 bits per heavy atom. The Hall–Kier alpha value is -1.56. The highest BCUT2D eigenvalue weighted by Gasteiger charge is 2.29. The third-order valence-electron chi connectivity index (χ3n) is 3.13. The zero-order chi connectivity index (χ0) is 13.9. The van der Waals surface area contributed by atoms with E-state index in [1.54, 1.807) is 0 Å². The average molecular weight is 273 g/mol. The molecule has 0 heterocycles. The lowest BCUT2D eigenvalue weighted by molar-refractivity contribution is -0.192. The Labute approximate surface area is 108 Å². The molecule has 1 aliphatic rings. The second kappa shape index (κ2) is 5.61. The Bertz CT molecular complexity index is 459. The molecule has 0 saturated carbocycles. The fourth-order valence-electron chi connectivity index (χ4n) is 2.19. The molecule has 1 aromatic carbocycles. The van der Waals surface area contributed by atoms with Crippen LogP contribution in [0.3, 0.4) is 0 Å². The van der Waals surface area contributed by atoms with Gasteiger partial charge in [0.05, 0.1) is 0 Å². The minimum absolute atomic E-state index is 0.330. The van der Waals surface area contributed by atoms with Gasteiger partial charge in [-0.3, -0.25) is 9.63 Å². The lowest BCUT2D eigenvalue weighted by atomic mass is 9.83. The molecule has 1 amide bonds. The monoisotopic (exact) mass is 273 g/mol. The normalized spacial score (nSPS) is 18.8. The van der Waals surface area contributed by atoms with Crippen molar-refractivity contribution in [2.24, 2.45) is 5.92 Å². The Kier molecular flexibility index (Phi) is 4.09. The fourth-order valence-corrected chi connectivity index (χ4v) is 2.19. The number of rotatable bonds is 3. The van der Waals surface area contributed by atoms with E-state index in [2.05, 4.69) is 4.84 Å². The number of hydroxylamine groups is 1. The van der Waals surface area contributed by atoms with Crippen molar-refractivity contribution in [3.05, 3.63) is 35.4 Å². The van der Waals surface area contributed by atoms with Crippen molar-refractivity contribution >= 4 is 5.91 Å². The van der Waals surface area contributed by atoms with Crippen molar-refractivity contribution in [2.75, 3.05) is 6.61 Å². The van der Waals surface area contributed by atoms with Crippen LogP contribution in [0.4, 0.5) is 13.2 Å². The lowest BCUT2D eigenvalue weighted by Gasteiger charge is -2.23. The number of amides is 1. The van der Waals surface area contributed by atoms with Gasteiger partial charge >= 0.3 is 6.18 Å². The van der Waals surface area contributed by atoms with Gasteiger partial charge in [-0.05, 0) is 30.4 Å². The van der Waals surface area contributed by atoms with Gasteiger partial charge in [0.2, 0.25) is 5.91 Å². The van der Waals surface area contributed by atoms with Crippen LogP contribution in [0.5, 0.6) is 0 Å². The molecule has 1 atom stereocenters. The molecule has 0 spiro atoms. The van der Waals surface area contributed by atoms with Gasteiger partial charge in [-0.1, -0.05) is 24.3 Å². The topological polar surface area (TPSA) is 38.3 Å². The second-order valence-corrected chi connectivity index (χ2v) is 4.58. The van der Waals surface area contributed by atoms with Crippen LogP contribution in [0.2, 0.25) is 0 Å². The van der Waals surface area contributed by atoms with E-state index in [4.69, 9.17) is 0 Å². The zero-order valence-corrected chi connectivity index (χ0v) is 10.2. The van der Waals surface area contributed by atoms with Gasteiger partial charge in [0.15, 0.2) is 6.61 Å². The predicted octanol–water partition coefficient (Wildman–Crippen LogP) is 2.40. The predicted molar refractivity (Wildman–Crippen MR) is 62.1 cm³/mol. The van der Waals surface area contributed by atoms with Gasteiger partial charge < -0.3 is 0 Å². The summed E-state index contributed by atoms with van der Waals surface area (Å²) in [6.07, 6.45) is -2.52. The Balaban J connectivity index is 1.85. The van der Waals surface area contributed by atoms with Crippen LogP contribution < -0.4 is 5.48 Å². The standard InChI is InChI=1S/C13H14F3NO2/c14-13(15,16)8-19-17-12(18)11-6-5-9-3-1-2-4-10(9)7-11/h1-4,11H,5-8H2,(H,17,18). The summed E-state index contributed by atoms with van der Waals surface area (Å²) in [7, 11) is 0. The van der Waals surface area contributed by atoms with E-state index in [-0.39, 0.29) is 5.92 Å². The number of hydrogen-bond donors (Lipinski definition) is 1. The average Bonchev–Trinajstić information content (AvgIpc) is 2.36. The summed E-state index contributed by atoms with van der Waals surface area (Å²) in [6, 6.07) is 7.76. The molecular formula is C13H14F3NO2. The number of halogens is 3. The largest absolute Gasteiger partial charge is 0.414 e. The molecule has 0 radical (unpaired) electrons. The number of aryl methyl sites for hydroxylation is 1. The highest BCUT2D eigenvalue weighted by molar-refractivity contribution is 5.78. The van der Waals surface area contributed by atoms with E-state index in [1.807, 2.05) is 29.7 Å². The van der Waals surface area contributed by atoms with E-state index in [9.17, 15) is 18.0 Å². The molecule has 0 fully saturated rings. The smallest absolute Gasteiger partial charge is 0.272 e. The number of carbonyl (C=O) groups is 1. The first-order valence-electron chi connectivity index (χ1n) is 6.01. The first-order chi connectivity index (χ1) is 8.96. The number of carbonyl (C=O) groups excluding carboxylic acids is 1. The zero-order valence-electron chi connectivity index (χ0n) is 10.2. The van der Waals surface area contributed by atoms with Crippen LogP contribution >= 0.6 is 0 Å². The first-order valence-corrected chi connectivity index (χ1v) is 6.01. The Morgan fingerprint density at radius 2 is 2.00 bits per heavy atom. The fraction of sp³-hybridized carbons (Fsp3) is 0.462. The molecule has 1 aromatic rings. The van der Waals surface area contributed by atoms with Crippen molar-refractivity contribution in [2.45, 2.75) is 25.4 Å². The number of alkyl halides is 3. The van der Waals surface area contributed by atoms with E-state index >= 15 is 0 Å². The summed E-state index contributed by atoms with van der Waals surface area (Å²) < 4.78 is 35.6. The van der Waals surface area contributed by atoms with Crippen LogP contribution in [0.1, 0.15) is 17.5 Å². The summed E-state index contributed by atoms with van der Waals surface area (Å²) in [5.41, 5.74) is 4.15. The molecule has 3 nitrogen and oxygen atoms in total. The van der Waals surface area contributed by atoms with Gasteiger partial charge in [-0.15, -0.1) is 0 Å². The molecule has 0 aromatic heterocycles.